The number of nitriles is 1. The Labute approximate surface area is 774 Å². The molecule has 43 nitrogen and oxygen atoms in total. The number of nitrogens with zero attached hydrogens (tertiary/aromatic N) is 6. The van der Waals surface area contributed by atoms with Gasteiger partial charge in [0.2, 0.25) is 94.5 Å². The highest BCUT2D eigenvalue weighted by molar-refractivity contribution is 8.00. The molecule has 8 rings (SSSR count). The molecule has 0 bridgehead atoms. The number of thioether (sulfide) groups is 1. The van der Waals surface area contributed by atoms with E-state index in [1.54, 1.807) is 80.8 Å². The summed E-state index contributed by atoms with van der Waals surface area (Å²) < 4.78 is 0. The van der Waals surface area contributed by atoms with Gasteiger partial charge >= 0.3 is 0 Å². The number of likely N-dealkylation sites (N-methyl/N-ethyl adjacent to an activating group) is 3. The number of guanidine groups is 1. The molecule has 25 N–H and O–H groups in total. The number of aromatic nitrogens is 2. The van der Waals surface area contributed by atoms with Crippen molar-refractivity contribution in [3.05, 3.63) is 107 Å². The first kappa shape index (κ1) is 106. The summed E-state index contributed by atoms with van der Waals surface area (Å²) in [4.78, 5) is 246. The fourth-order valence-electron chi connectivity index (χ4n) is 16.5. The van der Waals surface area contributed by atoms with E-state index < -0.39 is 242 Å². The third-order valence-corrected chi connectivity index (χ3v) is 24.9. The molecule has 3 saturated heterocycles. The first-order valence-electron chi connectivity index (χ1n) is 44.7. The van der Waals surface area contributed by atoms with Crippen molar-refractivity contribution < 1.29 is 92.0 Å². The van der Waals surface area contributed by atoms with Crippen LogP contribution in [0.15, 0.2) is 85.2 Å². The number of aromatic amines is 2. The highest BCUT2D eigenvalue weighted by atomic mass is 32.2. The van der Waals surface area contributed by atoms with Crippen molar-refractivity contribution in [2.24, 2.45) is 28.9 Å². The van der Waals surface area contributed by atoms with Crippen molar-refractivity contribution in [1.29, 1.82) is 10.7 Å². The number of unbranched alkanes of at least 4 members (excludes halogenated alkanes) is 2. The summed E-state index contributed by atoms with van der Waals surface area (Å²) in [7, 11) is 3.90. The molecular formula is C89H128N24O19S. The van der Waals surface area contributed by atoms with E-state index in [9.17, 15) is 68.5 Å². The van der Waals surface area contributed by atoms with E-state index in [0.29, 0.717) is 64.2 Å². The van der Waals surface area contributed by atoms with Crippen molar-refractivity contribution >= 4 is 134 Å². The van der Waals surface area contributed by atoms with Gasteiger partial charge in [-0.15, -0.1) is 11.8 Å². The van der Waals surface area contributed by atoms with Crippen molar-refractivity contribution in [1.82, 2.24) is 93.0 Å². The largest absolute Gasteiger partial charge is 0.394 e. The molecule has 133 heavy (non-hydrogen) atoms. The minimum atomic E-state index is -1.89. The summed E-state index contributed by atoms with van der Waals surface area (Å²) in [6, 6.07) is 0.634. The lowest BCUT2D eigenvalue weighted by molar-refractivity contribution is -0.149. The van der Waals surface area contributed by atoms with Crippen LogP contribution in [0, 0.1) is 22.7 Å². The van der Waals surface area contributed by atoms with Crippen molar-refractivity contribution in [3.63, 3.8) is 0 Å². The Kier molecular flexibility index (Phi) is 40.2. The van der Waals surface area contributed by atoms with Gasteiger partial charge in [-0.05, 0) is 112 Å². The quantitative estimate of drug-likeness (QED) is 0.0151. The average Bonchev–Trinajstić information content (AvgIpc) is 1.70. The summed E-state index contributed by atoms with van der Waals surface area (Å²) in [5, 5.41) is 83.1. The highest BCUT2D eigenvalue weighted by Crippen LogP contribution is 2.28. The number of H-pyrrole nitrogens is 2. The lowest BCUT2D eigenvalue weighted by Gasteiger charge is -2.36. The van der Waals surface area contributed by atoms with E-state index in [0.717, 1.165) is 36.3 Å². The Bertz CT molecular complexity index is 5020. The molecule has 724 valence electrons. The number of carbonyl (C=O) groups excluding carboxylic acids is 16. The Morgan fingerprint density at radius 2 is 1.15 bits per heavy atom. The molecule has 5 aromatic rings. The molecule has 44 heteroatoms. The minimum absolute atomic E-state index is 0.00659. The second-order valence-electron chi connectivity index (χ2n) is 34.2. The number of primary amides is 2. The maximum absolute atomic E-state index is 15.7. The van der Waals surface area contributed by atoms with Gasteiger partial charge in [0, 0.05) is 100 Å². The van der Waals surface area contributed by atoms with Gasteiger partial charge in [0.05, 0.1) is 55.1 Å². The predicted molar refractivity (Wildman–Crippen MR) is 491 cm³/mol. The van der Waals surface area contributed by atoms with Crippen LogP contribution in [0.3, 0.4) is 0 Å². The topological polar surface area (TPSA) is 666 Å². The smallest absolute Gasteiger partial charge is 0.246 e. The number of hydrogen-bond acceptors (Lipinski definition) is 24. The molecule has 5 heterocycles. The molecule has 3 aliphatic rings. The van der Waals surface area contributed by atoms with Crippen molar-refractivity contribution in [3.8, 4) is 6.07 Å². The first-order valence-corrected chi connectivity index (χ1v) is 45.8. The zero-order chi connectivity index (χ0) is 97.6. The van der Waals surface area contributed by atoms with Crippen LogP contribution in [0.4, 0.5) is 0 Å². The van der Waals surface area contributed by atoms with Gasteiger partial charge in [0.25, 0.3) is 0 Å². The summed E-state index contributed by atoms with van der Waals surface area (Å²) >= 11 is 0.755. The summed E-state index contributed by atoms with van der Waals surface area (Å²) in [5.41, 5.74) is 25.8. The molecule has 3 aromatic carbocycles. The van der Waals surface area contributed by atoms with Gasteiger partial charge in [-0.1, -0.05) is 102 Å². The molecular weight excluding hydrogens is 1740 g/mol. The van der Waals surface area contributed by atoms with E-state index in [4.69, 9.17) is 28.3 Å². The third-order valence-electron chi connectivity index (χ3n) is 23.9. The molecule has 2 aromatic heterocycles. The van der Waals surface area contributed by atoms with Gasteiger partial charge in [-0.3, -0.25) is 87.4 Å². The van der Waals surface area contributed by atoms with Crippen molar-refractivity contribution in [2.45, 2.75) is 234 Å². The maximum atomic E-state index is 15.7. The number of benzene rings is 3. The number of fused-ring (bicyclic) bond motifs is 4. The number of para-hydroxylation sites is 2. The lowest BCUT2D eigenvalue weighted by Crippen LogP contribution is -2.62. The van der Waals surface area contributed by atoms with Crippen LogP contribution in [0.5, 0.6) is 0 Å². The fourth-order valence-corrected chi connectivity index (χ4v) is 17.3. The van der Waals surface area contributed by atoms with Crippen LogP contribution < -0.4 is 81.4 Å². The normalized spacial score (nSPS) is 25.5. The third kappa shape index (κ3) is 29.6. The second kappa shape index (κ2) is 50.7. The number of hydrogen-bond donors (Lipinski definition) is 21. The van der Waals surface area contributed by atoms with E-state index >= 15 is 28.8 Å². The van der Waals surface area contributed by atoms with Gasteiger partial charge in [0.15, 0.2) is 5.96 Å². The molecule has 3 fully saturated rings. The Hall–Kier alpha value is -12.8. The average molecular weight is 1870 g/mol. The van der Waals surface area contributed by atoms with Crippen LogP contribution in [-0.4, -0.2) is 319 Å². The van der Waals surface area contributed by atoms with E-state index in [2.05, 4.69) is 68.5 Å². The zero-order valence-electron chi connectivity index (χ0n) is 76.1. The molecule has 0 aliphatic carbocycles. The molecule has 3 aliphatic heterocycles. The number of carbonyl (C=O) groups is 16. The van der Waals surface area contributed by atoms with Gasteiger partial charge in [-0.25, -0.2) is 0 Å². The zero-order valence-corrected chi connectivity index (χ0v) is 77.0. The Morgan fingerprint density at radius 1 is 0.594 bits per heavy atom. The first-order chi connectivity index (χ1) is 63.3. The van der Waals surface area contributed by atoms with Crippen LogP contribution in [0.25, 0.3) is 21.8 Å². The number of nitrogens with two attached hydrogens (primary N) is 4. The number of rotatable bonds is 25. The summed E-state index contributed by atoms with van der Waals surface area (Å²) in [5.74, 6) is -16.9. The van der Waals surface area contributed by atoms with Crippen molar-refractivity contribution in [2.75, 3.05) is 72.0 Å². The predicted octanol–water partition coefficient (Wildman–Crippen LogP) is -3.98. The summed E-state index contributed by atoms with van der Waals surface area (Å²) in [6.45, 7) is 5.51. The Balaban J connectivity index is 1.19. The van der Waals surface area contributed by atoms with Gasteiger partial charge in [0.1, 0.15) is 78.7 Å². The SMILES string of the molecule is CCCC[C@H]1C(=O)N(C)[C@@H](CCCC)C(=O)N[C@@H](CCCNC(=N)N)C(=O)N[C@H](C(=O)NCC(N)=O)CSCC(=O)N[C@@H](Cc2cccc(C#N)c2)C(=O)N(C)[C@@H](C)C(=O)NC(CC(N)=O)C(=O)N2CCC[C@H]2C(=O)N[C@@H](CN)C(=O)N[C@@H](CC(C)C)C(=O)N2C[C@H](O)CC2C(O)N[C@@H](Cc2c[nH]c3ccccc23)C(=O)N[C@@H](CO)C(=O)N[C@@H](Cc2c[nH]c3ccccc23)C(=O)N1C. The highest BCUT2D eigenvalue weighted by Gasteiger charge is 2.47. The standard InChI is InChI=1S/C89H128N24O19S/c1-9-11-27-68-81(125)101-59(26-18-30-96-89(94)95)77(121)108-67(76(120)99-43-73(93)117)46-133-47-74(118)100-62(34-50-20-17-21-51(33-50)39-90)84(128)109(6)49(5)75(119)103-64(38-72(92)116)86(130)112-31-19-29-69(112)82(126)106-65(40-91)79(123)104-61(32-48(3)4)87(131)113-44-54(115)37-71(113)83(127)102-60(35-52-41-97-57-24-15-13-22-55(52)57)78(122)107-66(45-114)80(124)105-63(36-53-42-98-58-25-16-14-23-56(53)58)85(129)111(8)70(28-12-10-2)88(132)110(68)7/h13-17,20-25,33,41-42,48-49,54,59-71,83,97-98,102,114-115,127H,9-12,18-19,26-32,34-38,40,43-47,91H2,1-8H3,(H2,92,116)(H2,93,117)(H,99,120)(H,100,118)(H,101,125)(H,103,119)(H,104,123)(H,105,124)(H,106,126)(H,107,122)(H,108,121)(H4,94,95,96)/t49-,54+,59-,60-,61-,62-,63-,64?,65-,66-,67-,68-,69-,70-,71?,83?/m0/s1. The van der Waals surface area contributed by atoms with Crippen LogP contribution in [0.1, 0.15) is 140 Å². The molecule has 0 saturated carbocycles. The lowest BCUT2D eigenvalue weighted by atomic mass is 10.00. The van der Waals surface area contributed by atoms with Crippen LogP contribution in [0.2, 0.25) is 0 Å². The van der Waals surface area contributed by atoms with E-state index in [-0.39, 0.29) is 95.2 Å². The number of amides is 16. The molecule has 3 unspecified atom stereocenters. The van der Waals surface area contributed by atoms with E-state index in [1.807, 2.05) is 19.9 Å². The fraction of sp³-hybridized carbons (Fsp3) is 0.551. The number of aliphatic hydroxyl groups excluding tert-OH is 3. The molecule has 16 amide bonds. The Morgan fingerprint density at radius 3 is 1.76 bits per heavy atom. The molecule has 0 spiro atoms. The van der Waals surface area contributed by atoms with Gasteiger partial charge in [-0.2, -0.15) is 5.26 Å². The van der Waals surface area contributed by atoms with E-state index in [1.165, 1.54) is 46.3 Å². The number of nitrogens with one attached hydrogen (secondary N) is 14. The maximum Gasteiger partial charge on any atom is 0.246 e. The number of aliphatic hydroxyl groups is 3. The van der Waals surface area contributed by atoms with Gasteiger partial charge < -0.3 is 126 Å². The molecule has 16 atom stereocenters. The van der Waals surface area contributed by atoms with Crippen LogP contribution >= 0.6 is 11.8 Å². The minimum Gasteiger partial charge on any atom is -0.394 e. The monoisotopic (exact) mass is 1870 g/mol. The summed E-state index contributed by atoms with van der Waals surface area (Å²) in [6.07, 6.45) is -0.335. The van der Waals surface area contributed by atoms with Crippen LogP contribution in [-0.2, 0) is 96.0 Å². The second-order valence-corrected chi connectivity index (χ2v) is 35.3. The molecule has 0 radical (unpaired) electrons.